The van der Waals surface area contributed by atoms with Gasteiger partial charge in [0.05, 0.1) is 12.1 Å². The van der Waals surface area contributed by atoms with Crippen LogP contribution in [0.1, 0.15) is 31.7 Å². The topological polar surface area (TPSA) is 35.6 Å². The highest BCUT2D eigenvalue weighted by Gasteiger charge is 2.45. The summed E-state index contributed by atoms with van der Waals surface area (Å²) in [5.74, 6) is -0.918. The normalized spacial score (nSPS) is 32.0. The maximum absolute atomic E-state index is 13.6. The van der Waals surface area contributed by atoms with Crippen LogP contribution in [0, 0.1) is 17.7 Å². The molecule has 0 radical (unpaired) electrons. The van der Waals surface area contributed by atoms with E-state index in [1.165, 1.54) is 11.0 Å². The molecular weight excluding hydrogens is 393 g/mol. The molecule has 0 spiro atoms. The first kappa shape index (κ1) is 20.2. The predicted molar refractivity (Wildman–Crippen MR) is 97.8 cm³/mol. The third-order valence-corrected chi connectivity index (χ3v) is 6.57. The van der Waals surface area contributed by atoms with Crippen LogP contribution in [0.4, 0.5) is 32.4 Å². The van der Waals surface area contributed by atoms with E-state index in [0.29, 0.717) is 25.2 Å². The van der Waals surface area contributed by atoms with E-state index in [9.17, 15) is 26.7 Å². The molecule has 5 atom stereocenters. The Morgan fingerprint density at radius 3 is 2.59 bits per heavy atom. The van der Waals surface area contributed by atoms with Crippen molar-refractivity contribution in [3.05, 3.63) is 29.6 Å². The number of hydrogen-bond acceptors (Lipinski definition) is 2. The summed E-state index contributed by atoms with van der Waals surface area (Å²) in [6, 6.07) is 2.56. The van der Waals surface area contributed by atoms with Crippen LogP contribution < -0.4 is 10.2 Å². The number of urea groups is 1. The highest BCUT2D eigenvalue weighted by Crippen LogP contribution is 2.41. The Morgan fingerprint density at radius 2 is 1.93 bits per heavy atom. The Labute approximate surface area is 166 Å². The number of rotatable bonds is 2. The minimum Gasteiger partial charge on any atom is -0.371 e. The zero-order valence-corrected chi connectivity index (χ0v) is 16.1. The van der Waals surface area contributed by atoms with Crippen molar-refractivity contribution in [3.63, 3.8) is 0 Å². The summed E-state index contributed by atoms with van der Waals surface area (Å²) in [6.07, 6.45) is -3.75. The van der Waals surface area contributed by atoms with Crippen LogP contribution in [-0.4, -0.2) is 48.8 Å². The number of halogens is 5. The van der Waals surface area contributed by atoms with Gasteiger partial charge in [-0.05, 0) is 43.9 Å². The maximum Gasteiger partial charge on any atom is 0.419 e. The summed E-state index contributed by atoms with van der Waals surface area (Å²) in [5.41, 5.74) is -0.924. The van der Waals surface area contributed by atoms with Gasteiger partial charge < -0.3 is 15.1 Å². The molecule has 1 aromatic carbocycles. The van der Waals surface area contributed by atoms with E-state index in [1.807, 2.05) is 11.8 Å². The van der Waals surface area contributed by atoms with E-state index in [4.69, 9.17) is 0 Å². The molecule has 3 fully saturated rings. The van der Waals surface area contributed by atoms with Crippen molar-refractivity contribution in [2.24, 2.45) is 11.8 Å². The first-order valence-corrected chi connectivity index (χ1v) is 9.96. The molecular formula is C20H24F5N3O. The number of alkyl halides is 4. The maximum atomic E-state index is 13.6. The molecule has 2 amide bonds. The number of nitrogens with zero attached hydrogens (tertiary/aromatic N) is 2. The van der Waals surface area contributed by atoms with Gasteiger partial charge in [-0.1, -0.05) is 0 Å². The van der Waals surface area contributed by atoms with Gasteiger partial charge in [0.15, 0.2) is 0 Å². The number of anilines is 1. The van der Waals surface area contributed by atoms with Gasteiger partial charge in [0, 0.05) is 43.2 Å². The fraction of sp³-hybridized carbons (Fsp3) is 0.650. The van der Waals surface area contributed by atoms with Crippen molar-refractivity contribution in [2.75, 3.05) is 24.5 Å². The minimum absolute atomic E-state index is 0.0918. The van der Waals surface area contributed by atoms with Crippen molar-refractivity contribution in [1.82, 2.24) is 10.2 Å². The zero-order chi connectivity index (χ0) is 20.9. The summed E-state index contributed by atoms with van der Waals surface area (Å²) in [6.45, 7) is 2.99. The van der Waals surface area contributed by atoms with Crippen LogP contribution in [0.5, 0.6) is 0 Å². The number of amides is 2. The predicted octanol–water partition coefficient (Wildman–Crippen LogP) is 4.20. The lowest BCUT2D eigenvalue weighted by atomic mass is 9.98. The molecule has 3 aliphatic rings. The number of carbonyl (C=O) groups excluding carboxylic acids is 1. The zero-order valence-electron chi connectivity index (χ0n) is 16.1. The van der Waals surface area contributed by atoms with E-state index in [-0.39, 0.29) is 36.5 Å². The summed E-state index contributed by atoms with van der Waals surface area (Å²) in [7, 11) is 0. The Morgan fingerprint density at radius 1 is 1.17 bits per heavy atom. The summed E-state index contributed by atoms with van der Waals surface area (Å²) < 4.78 is 66.2. The Bertz CT molecular complexity index is 786. The summed E-state index contributed by atoms with van der Waals surface area (Å²) in [5, 5.41) is 3.01. The third-order valence-electron chi connectivity index (χ3n) is 6.57. The molecule has 2 aliphatic heterocycles. The van der Waals surface area contributed by atoms with Crippen LogP contribution in [-0.2, 0) is 6.18 Å². The fourth-order valence-corrected chi connectivity index (χ4v) is 5.07. The van der Waals surface area contributed by atoms with E-state index in [2.05, 4.69) is 5.32 Å². The molecule has 0 aromatic heterocycles. The number of carbonyl (C=O) groups is 1. The standard InChI is InChI=1S/C20H24F5N3O/c1-11-6-13(21)9-28(11)19(29)26-18-5-2-12-8-27(10-15(12)18)14-3-4-17(22)16(7-14)20(23,24)25/h3-4,7,11-13,15,18H,2,5-6,8-10H2,1H3,(H,26,29)/t11?,12-,13-,15+,18+/m1/s1. The van der Waals surface area contributed by atoms with Crippen LogP contribution >= 0.6 is 0 Å². The first-order chi connectivity index (χ1) is 13.6. The molecule has 160 valence electrons. The van der Waals surface area contributed by atoms with Crippen molar-refractivity contribution in [2.45, 2.75) is 50.6 Å². The Kier molecular flexibility index (Phi) is 5.11. The van der Waals surface area contributed by atoms with E-state index >= 15 is 0 Å². The van der Waals surface area contributed by atoms with Crippen molar-refractivity contribution in [1.29, 1.82) is 0 Å². The van der Waals surface area contributed by atoms with Crippen LogP contribution in [0.2, 0.25) is 0 Å². The Balaban J connectivity index is 1.43. The van der Waals surface area contributed by atoms with Gasteiger partial charge in [-0.25, -0.2) is 13.6 Å². The Hall–Kier alpha value is -2.06. The summed E-state index contributed by atoms with van der Waals surface area (Å²) >= 11 is 0. The molecule has 1 aromatic rings. The second-order valence-electron chi connectivity index (χ2n) is 8.46. The van der Waals surface area contributed by atoms with E-state index in [0.717, 1.165) is 25.0 Å². The minimum atomic E-state index is -4.74. The van der Waals surface area contributed by atoms with Gasteiger partial charge in [0.1, 0.15) is 12.0 Å². The molecule has 4 rings (SSSR count). The molecule has 2 heterocycles. The lowest BCUT2D eigenvalue weighted by Crippen LogP contribution is -2.48. The average molecular weight is 417 g/mol. The largest absolute Gasteiger partial charge is 0.419 e. The molecule has 29 heavy (non-hydrogen) atoms. The smallest absolute Gasteiger partial charge is 0.371 e. The number of fused-ring (bicyclic) bond motifs is 1. The van der Waals surface area contributed by atoms with Gasteiger partial charge >= 0.3 is 12.2 Å². The lowest BCUT2D eigenvalue weighted by molar-refractivity contribution is -0.139. The van der Waals surface area contributed by atoms with E-state index < -0.39 is 23.7 Å². The lowest BCUT2D eigenvalue weighted by Gasteiger charge is -2.27. The third kappa shape index (κ3) is 3.88. The van der Waals surface area contributed by atoms with Gasteiger partial charge in [0.2, 0.25) is 0 Å². The molecule has 1 unspecified atom stereocenters. The molecule has 2 saturated heterocycles. The quantitative estimate of drug-likeness (QED) is 0.732. The van der Waals surface area contributed by atoms with Gasteiger partial charge in [0.25, 0.3) is 0 Å². The van der Waals surface area contributed by atoms with Gasteiger partial charge in [-0.2, -0.15) is 13.2 Å². The van der Waals surface area contributed by atoms with Crippen LogP contribution in [0.15, 0.2) is 18.2 Å². The second kappa shape index (κ2) is 7.32. The molecule has 0 bridgehead atoms. The van der Waals surface area contributed by atoms with Gasteiger partial charge in [-0.15, -0.1) is 0 Å². The number of benzene rings is 1. The summed E-state index contributed by atoms with van der Waals surface area (Å²) in [4.78, 5) is 15.9. The van der Waals surface area contributed by atoms with Gasteiger partial charge in [-0.3, -0.25) is 0 Å². The van der Waals surface area contributed by atoms with Crippen molar-refractivity contribution in [3.8, 4) is 0 Å². The fourth-order valence-electron chi connectivity index (χ4n) is 5.07. The first-order valence-electron chi connectivity index (χ1n) is 9.96. The average Bonchev–Trinajstić information content (AvgIpc) is 3.30. The van der Waals surface area contributed by atoms with E-state index in [1.54, 1.807) is 0 Å². The highest BCUT2D eigenvalue weighted by atomic mass is 19.4. The number of hydrogen-bond donors (Lipinski definition) is 1. The SMILES string of the molecule is CC1C[C@@H](F)CN1C(=O)N[C@H]1CC[C@@H]2CN(c3ccc(F)c(C(F)(F)F)c3)C[C@@H]21. The number of nitrogens with one attached hydrogen (secondary N) is 1. The molecule has 1 aliphatic carbocycles. The van der Waals surface area contributed by atoms with Crippen molar-refractivity contribution >= 4 is 11.7 Å². The molecule has 1 N–H and O–H groups in total. The van der Waals surface area contributed by atoms with Crippen LogP contribution in [0.25, 0.3) is 0 Å². The van der Waals surface area contributed by atoms with Crippen LogP contribution in [0.3, 0.4) is 0 Å². The number of likely N-dealkylation sites (tertiary alicyclic amines) is 1. The molecule has 9 heteroatoms. The highest BCUT2D eigenvalue weighted by molar-refractivity contribution is 5.75. The van der Waals surface area contributed by atoms with Crippen molar-refractivity contribution < 1.29 is 26.7 Å². The monoisotopic (exact) mass is 417 g/mol. The molecule has 1 saturated carbocycles. The molecule has 4 nitrogen and oxygen atoms in total. The second-order valence-corrected chi connectivity index (χ2v) is 8.46.